The first-order valence-electron chi connectivity index (χ1n) is 14.8. The SMILES string of the molecule is CN1C[C@@H](Nc2cnn(C)c(=O)c2Br)C[C@@H](c2ccc(CN3CC(Oc4cccc(C5CCC(=O)NC5=O)c4)C3)cc2)C1. The van der Waals surface area contributed by atoms with Crippen molar-refractivity contribution in [2.24, 2.45) is 7.05 Å². The molecule has 3 atom stereocenters. The van der Waals surface area contributed by atoms with Gasteiger partial charge in [-0.15, -0.1) is 0 Å². The fraction of sp³-hybridized carbons (Fsp3) is 0.438. The Morgan fingerprint density at radius 2 is 1.81 bits per heavy atom. The number of aromatic nitrogens is 2. The van der Waals surface area contributed by atoms with E-state index in [9.17, 15) is 14.4 Å². The van der Waals surface area contributed by atoms with Crippen LogP contribution in [0.5, 0.6) is 5.75 Å². The minimum absolute atomic E-state index is 0.110. The maximum Gasteiger partial charge on any atom is 0.282 e. The Morgan fingerprint density at radius 1 is 1.02 bits per heavy atom. The van der Waals surface area contributed by atoms with Gasteiger partial charge in [-0.2, -0.15) is 5.10 Å². The summed E-state index contributed by atoms with van der Waals surface area (Å²) in [5.74, 6) is 0.413. The van der Waals surface area contributed by atoms with E-state index in [1.807, 2.05) is 24.3 Å². The Morgan fingerprint density at radius 3 is 2.58 bits per heavy atom. The van der Waals surface area contributed by atoms with E-state index in [0.717, 1.165) is 56.1 Å². The topological polar surface area (TPSA) is 109 Å². The van der Waals surface area contributed by atoms with Gasteiger partial charge in [-0.05, 0) is 70.6 Å². The standard InChI is InChI=1S/C32H37BrN6O4/c1-37-16-23(12-24(17-37)35-28-14-34-38(2)32(42)30(28)33)21-8-6-20(7-9-21)15-39-18-26(19-39)43-25-5-3-4-22(13-25)27-10-11-29(40)36-31(27)41/h3-9,13-14,23-24,26-27,35H,10-12,15-19H2,1-2H3,(H,36,40,41)/t23-,24+,27?/m1/s1. The molecule has 43 heavy (non-hydrogen) atoms. The van der Waals surface area contributed by atoms with Crippen molar-refractivity contribution in [1.82, 2.24) is 24.9 Å². The van der Waals surface area contributed by atoms with Gasteiger partial charge in [0.15, 0.2) is 0 Å². The number of aryl methyl sites for hydroxylation is 1. The van der Waals surface area contributed by atoms with Crippen LogP contribution in [0.1, 0.15) is 47.8 Å². The summed E-state index contributed by atoms with van der Waals surface area (Å²) < 4.78 is 8.05. The van der Waals surface area contributed by atoms with Gasteiger partial charge >= 0.3 is 0 Å². The van der Waals surface area contributed by atoms with E-state index in [1.165, 1.54) is 15.8 Å². The fourth-order valence-corrected chi connectivity index (χ4v) is 6.86. The molecule has 1 aromatic heterocycles. The monoisotopic (exact) mass is 648 g/mol. The molecule has 11 heteroatoms. The van der Waals surface area contributed by atoms with E-state index in [0.29, 0.717) is 23.2 Å². The zero-order chi connectivity index (χ0) is 30.1. The van der Waals surface area contributed by atoms with E-state index >= 15 is 0 Å². The molecule has 4 heterocycles. The Bertz CT molecular complexity index is 1550. The zero-order valence-corrected chi connectivity index (χ0v) is 26.0. The fourth-order valence-electron chi connectivity index (χ4n) is 6.38. The van der Waals surface area contributed by atoms with Crippen LogP contribution in [-0.2, 0) is 23.2 Å². The van der Waals surface area contributed by atoms with Gasteiger partial charge in [0.05, 0.1) is 17.8 Å². The molecule has 0 bridgehead atoms. The van der Waals surface area contributed by atoms with Gasteiger partial charge in [0, 0.05) is 52.2 Å². The van der Waals surface area contributed by atoms with Gasteiger partial charge in [-0.1, -0.05) is 36.4 Å². The number of rotatable bonds is 8. The Labute approximate surface area is 259 Å². The predicted molar refractivity (Wildman–Crippen MR) is 167 cm³/mol. The third kappa shape index (κ3) is 6.84. The molecule has 2 amide bonds. The molecule has 226 valence electrons. The van der Waals surface area contributed by atoms with Crippen molar-refractivity contribution in [2.45, 2.75) is 49.8 Å². The number of hydrogen-bond donors (Lipinski definition) is 2. The molecule has 0 saturated carbocycles. The van der Waals surface area contributed by atoms with Gasteiger partial charge in [-0.3, -0.25) is 24.6 Å². The van der Waals surface area contributed by atoms with Crippen LogP contribution in [0.4, 0.5) is 5.69 Å². The van der Waals surface area contributed by atoms with Crippen LogP contribution >= 0.6 is 15.9 Å². The lowest BCUT2D eigenvalue weighted by molar-refractivity contribution is -0.134. The number of carbonyl (C=O) groups is 2. The summed E-state index contributed by atoms with van der Waals surface area (Å²) >= 11 is 3.43. The highest BCUT2D eigenvalue weighted by molar-refractivity contribution is 9.10. The molecule has 3 saturated heterocycles. The molecule has 1 unspecified atom stereocenters. The number of piperidine rings is 2. The van der Waals surface area contributed by atoms with Crippen LogP contribution < -0.4 is 20.9 Å². The second-order valence-electron chi connectivity index (χ2n) is 12.0. The molecule has 3 fully saturated rings. The highest BCUT2D eigenvalue weighted by Gasteiger charge is 2.31. The van der Waals surface area contributed by atoms with E-state index in [2.05, 4.69) is 72.8 Å². The molecule has 0 radical (unpaired) electrons. The summed E-state index contributed by atoms with van der Waals surface area (Å²) in [5, 5.41) is 10.1. The Kier molecular flexibility index (Phi) is 8.65. The summed E-state index contributed by atoms with van der Waals surface area (Å²) in [6.07, 6.45) is 3.68. The molecule has 10 nitrogen and oxygen atoms in total. The van der Waals surface area contributed by atoms with E-state index in [1.54, 1.807) is 13.2 Å². The predicted octanol–water partition coefficient (Wildman–Crippen LogP) is 3.23. The van der Waals surface area contributed by atoms with Gasteiger partial charge in [0.25, 0.3) is 5.56 Å². The van der Waals surface area contributed by atoms with E-state index < -0.39 is 0 Å². The van der Waals surface area contributed by atoms with E-state index in [4.69, 9.17) is 4.74 Å². The largest absolute Gasteiger partial charge is 0.488 e. The lowest BCUT2D eigenvalue weighted by Crippen LogP contribution is -2.53. The van der Waals surface area contributed by atoms with Gasteiger partial charge in [0.2, 0.25) is 11.8 Å². The number of likely N-dealkylation sites (N-methyl/N-ethyl adjacent to an activating group) is 1. The van der Waals surface area contributed by atoms with Crippen molar-refractivity contribution in [3.05, 3.63) is 86.2 Å². The van der Waals surface area contributed by atoms with Crippen molar-refractivity contribution in [1.29, 1.82) is 0 Å². The quantitative estimate of drug-likeness (QED) is 0.359. The molecule has 2 N–H and O–H groups in total. The van der Waals surface area contributed by atoms with Crippen molar-refractivity contribution < 1.29 is 14.3 Å². The molecule has 3 aliphatic heterocycles. The number of ether oxygens (including phenoxy) is 1. The molecule has 0 spiro atoms. The highest BCUT2D eigenvalue weighted by atomic mass is 79.9. The smallest absolute Gasteiger partial charge is 0.282 e. The minimum atomic E-state index is -0.308. The van der Waals surface area contributed by atoms with Crippen LogP contribution in [0.15, 0.2) is 64.0 Å². The number of hydrogen-bond acceptors (Lipinski definition) is 8. The van der Waals surface area contributed by atoms with E-state index in [-0.39, 0.29) is 35.4 Å². The summed E-state index contributed by atoms with van der Waals surface area (Å²) in [4.78, 5) is 40.7. The third-order valence-electron chi connectivity index (χ3n) is 8.65. The first kappa shape index (κ1) is 29.5. The highest BCUT2D eigenvalue weighted by Crippen LogP contribution is 2.31. The van der Waals surface area contributed by atoms with Gasteiger partial charge in [0.1, 0.15) is 16.3 Å². The molecule has 2 aromatic carbocycles. The average Bonchev–Trinajstić information content (AvgIpc) is 2.96. The first-order chi connectivity index (χ1) is 20.7. The lowest BCUT2D eigenvalue weighted by Gasteiger charge is -2.39. The summed E-state index contributed by atoms with van der Waals surface area (Å²) in [7, 11) is 3.78. The first-order valence-corrected chi connectivity index (χ1v) is 15.6. The maximum absolute atomic E-state index is 12.3. The minimum Gasteiger partial charge on any atom is -0.488 e. The second kappa shape index (κ2) is 12.6. The Balaban J connectivity index is 0.996. The van der Waals surface area contributed by atoms with Crippen LogP contribution in [0.25, 0.3) is 0 Å². The van der Waals surface area contributed by atoms with Crippen LogP contribution in [0.3, 0.4) is 0 Å². The average molecular weight is 650 g/mol. The number of anilines is 1. The normalized spacial score (nSPS) is 23.5. The number of halogens is 1. The van der Waals surface area contributed by atoms with Crippen LogP contribution in [0.2, 0.25) is 0 Å². The van der Waals surface area contributed by atoms with Gasteiger partial charge in [-0.25, -0.2) is 4.68 Å². The van der Waals surface area contributed by atoms with Gasteiger partial charge < -0.3 is 15.0 Å². The summed E-state index contributed by atoms with van der Waals surface area (Å²) in [6.45, 7) is 4.45. The molecular formula is C32H37BrN6O4. The van der Waals surface area contributed by atoms with Crippen LogP contribution in [-0.4, -0.2) is 76.8 Å². The number of likely N-dealkylation sites (tertiary alicyclic amines) is 2. The summed E-state index contributed by atoms with van der Waals surface area (Å²) in [5.41, 5.74) is 4.07. The van der Waals surface area contributed by atoms with Crippen molar-refractivity contribution in [3.8, 4) is 5.75 Å². The van der Waals surface area contributed by atoms with Crippen LogP contribution in [0, 0.1) is 0 Å². The van der Waals surface area contributed by atoms with Crippen molar-refractivity contribution in [2.75, 3.05) is 38.5 Å². The number of nitrogens with one attached hydrogen (secondary N) is 2. The Hall–Kier alpha value is -3.54. The summed E-state index contributed by atoms with van der Waals surface area (Å²) in [6, 6.07) is 16.9. The second-order valence-corrected chi connectivity index (χ2v) is 12.8. The molecule has 6 rings (SSSR count). The molecule has 3 aliphatic rings. The number of carbonyl (C=O) groups excluding carboxylic acids is 2. The number of nitrogens with zero attached hydrogens (tertiary/aromatic N) is 4. The lowest BCUT2D eigenvalue weighted by atomic mass is 9.87. The molecular weight excluding hydrogens is 612 g/mol. The number of imide groups is 1. The molecule has 0 aliphatic carbocycles. The number of amides is 2. The number of benzene rings is 2. The third-order valence-corrected chi connectivity index (χ3v) is 9.42. The van der Waals surface area contributed by atoms with Crippen molar-refractivity contribution >= 4 is 33.4 Å². The molecule has 3 aromatic rings. The van der Waals surface area contributed by atoms with Crippen molar-refractivity contribution in [3.63, 3.8) is 0 Å². The zero-order valence-electron chi connectivity index (χ0n) is 24.5. The maximum atomic E-state index is 12.3.